The predicted molar refractivity (Wildman–Crippen MR) is 235 cm³/mol. The van der Waals surface area contributed by atoms with Crippen molar-refractivity contribution in [3.05, 3.63) is 171 Å². The molecule has 320 valence electrons. The van der Waals surface area contributed by atoms with Crippen LogP contribution in [0.25, 0.3) is 10.9 Å². The van der Waals surface area contributed by atoms with E-state index in [1.807, 2.05) is 84.9 Å². The molecule has 1 aromatic heterocycles. The quantitative estimate of drug-likeness (QED) is 0.0633. The molecular weight excluding hydrogens is 787 g/mol. The van der Waals surface area contributed by atoms with Crippen LogP contribution in [0, 0.1) is 5.92 Å². The van der Waals surface area contributed by atoms with Crippen molar-refractivity contribution < 1.29 is 34.0 Å². The molecule has 0 saturated carbocycles. The summed E-state index contributed by atoms with van der Waals surface area (Å²) in [5.41, 5.74) is 5.44. The molecule has 0 spiro atoms. The molecule has 2 bridgehead atoms. The highest BCUT2D eigenvalue weighted by Crippen LogP contribution is 2.32. The van der Waals surface area contributed by atoms with Gasteiger partial charge in [0, 0.05) is 48.8 Å². The van der Waals surface area contributed by atoms with E-state index in [-0.39, 0.29) is 48.5 Å². The monoisotopic (exact) mass is 837 g/mol. The summed E-state index contributed by atoms with van der Waals surface area (Å²) in [6, 6.07) is 36.1. The molecule has 3 saturated heterocycles. The number of aliphatic hydroxyl groups excluding tert-OH is 1. The van der Waals surface area contributed by atoms with E-state index in [0.717, 1.165) is 60.3 Å². The number of aliphatic hydroxyl groups is 1. The Labute approximate surface area is 359 Å². The van der Waals surface area contributed by atoms with Gasteiger partial charge in [0.25, 0.3) is 5.91 Å². The molecule has 9 rings (SSSR count). The minimum absolute atomic E-state index is 0.0655. The van der Waals surface area contributed by atoms with E-state index in [0.29, 0.717) is 40.5 Å². The number of nitrogens with one attached hydrogen (secondary N) is 4. The van der Waals surface area contributed by atoms with Crippen molar-refractivity contribution in [2.24, 2.45) is 5.92 Å². The number of hydrogen-bond acceptors (Lipinski definition) is 10. The van der Waals surface area contributed by atoms with Gasteiger partial charge in [0.05, 0.1) is 24.8 Å². The Morgan fingerprint density at radius 3 is 2.39 bits per heavy atom. The first-order chi connectivity index (χ1) is 30.2. The zero-order valence-corrected chi connectivity index (χ0v) is 34.5. The van der Waals surface area contributed by atoms with Crippen molar-refractivity contribution in [2.75, 3.05) is 33.3 Å². The van der Waals surface area contributed by atoms with E-state index in [2.05, 4.69) is 25.8 Å². The maximum atomic E-state index is 13.3. The van der Waals surface area contributed by atoms with E-state index in [4.69, 9.17) is 14.2 Å². The van der Waals surface area contributed by atoms with Gasteiger partial charge in [-0.3, -0.25) is 14.5 Å². The number of carbonyl (C=O) groups excluding carboxylic acids is 2. The van der Waals surface area contributed by atoms with Gasteiger partial charge in [-0.25, -0.2) is 4.79 Å². The number of ether oxygens (including phenoxy) is 3. The van der Waals surface area contributed by atoms with Crippen molar-refractivity contribution in [1.82, 2.24) is 25.8 Å². The number of aromatic hydroxyl groups is 1. The Bertz CT molecular complexity index is 2560. The van der Waals surface area contributed by atoms with Crippen LogP contribution in [0.4, 0.5) is 4.79 Å². The van der Waals surface area contributed by atoms with Gasteiger partial charge >= 0.3 is 6.09 Å². The van der Waals surface area contributed by atoms with Gasteiger partial charge in [0.1, 0.15) is 30.0 Å². The average molecular weight is 838 g/mol. The highest BCUT2D eigenvalue weighted by atomic mass is 16.6. The first-order valence-electron chi connectivity index (χ1n) is 20.9. The van der Waals surface area contributed by atoms with Crippen molar-refractivity contribution in [1.29, 1.82) is 0 Å². The van der Waals surface area contributed by atoms with Crippen LogP contribution >= 0.6 is 0 Å². The molecule has 5 aromatic carbocycles. The summed E-state index contributed by atoms with van der Waals surface area (Å²) in [5.74, 6) is 1.41. The summed E-state index contributed by atoms with van der Waals surface area (Å²) in [4.78, 5) is 43.1. The maximum absolute atomic E-state index is 13.3. The molecular formula is C49H51N5O8. The highest BCUT2D eigenvalue weighted by Gasteiger charge is 2.37. The molecule has 3 aliphatic rings. The van der Waals surface area contributed by atoms with Crippen LogP contribution in [0.2, 0.25) is 0 Å². The Morgan fingerprint density at radius 1 is 0.855 bits per heavy atom. The molecule has 0 aliphatic carbocycles. The average Bonchev–Trinajstić information content (AvgIpc) is 3.30. The molecule has 6 N–H and O–H groups in total. The number of nitrogens with zero attached hydrogens (tertiary/aromatic N) is 1. The van der Waals surface area contributed by atoms with Gasteiger partial charge in [-0.1, -0.05) is 72.8 Å². The highest BCUT2D eigenvalue weighted by molar-refractivity contribution is 5.94. The molecule has 3 atom stereocenters. The van der Waals surface area contributed by atoms with Crippen LogP contribution in [0.1, 0.15) is 68.7 Å². The van der Waals surface area contributed by atoms with Crippen molar-refractivity contribution >= 4 is 22.9 Å². The smallest absolute Gasteiger partial charge is 0.408 e. The summed E-state index contributed by atoms with van der Waals surface area (Å²) in [6.45, 7) is 4.13. The topological polar surface area (TPSA) is 174 Å². The number of hydrogen-bond donors (Lipinski definition) is 6. The van der Waals surface area contributed by atoms with Gasteiger partial charge in [0.2, 0.25) is 5.56 Å². The Hall–Kier alpha value is -6.67. The summed E-state index contributed by atoms with van der Waals surface area (Å²) in [6.07, 6.45) is 0.710. The fourth-order valence-corrected chi connectivity index (χ4v) is 8.37. The molecule has 3 aliphatic heterocycles. The summed E-state index contributed by atoms with van der Waals surface area (Å²) < 4.78 is 17.8. The third-order valence-electron chi connectivity index (χ3n) is 11.8. The number of fused-ring (bicyclic) bond motifs is 4. The zero-order chi connectivity index (χ0) is 43.0. The second-order valence-electron chi connectivity index (χ2n) is 15.9. The molecule has 13 heteroatoms. The number of rotatable bonds is 16. The van der Waals surface area contributed by atoms with Crippen LogP contribution in [-0.4, -0.2) is 71.5 Å². The van der Waals surface area contributed by atoms with Crippen LogP contribution in [0.15, 0.2) is 126 Å². The van der Waals surface area contributed by atoms with Gasteiger partial charge in [-0.2, -0.15) is 0 Å². The number of piperidine rings is 3. The van der Waals surface area contributed by atoms with Gasteiger partial charge in [-0.05, 0) is 102 Å². The summed E-state index contributed by atoms with van der Waals surface area (Å²) in [7, 11) is 1.58. The molecule has 62 heavy (non-hydrogen) atoms. The normalized spacial score (nSPS) is 17.8. The van der Waals surface area contributed by atoms with E-state index in [1.165, 1.54) is 12.1 Å². The predicted octanol–water partition coefficient (Wildman–Crippen LogP) is 6.48. The van der Waals surface area contributed by atoms with Crippen LogP contribution < -0.4 is 31.0 Å². The third-order valence-corrected chi connectivity index (χ3v) is 11.8. The van der Waals surface area contributed by atoms with Gasteiger partial charge in [0.15, 0.2) is 0 Å². The third kappa shape index (κ3) is 10.1. The molecule has 2 amide bonds. The van der Waals surface area contributed by atoms with Crippen LogP contribution in [-0.2, 0) is 24.4 Å². The number of H-pyrrole nitrogens is 1. The molecule has 3 fully saturated rings. The van der Waals surface area contributed by atoms with Crippen molar-refractivity contribution in [2.45, 2.75) is 50.8 Å². The lowest BCUT2D eigenvalue weighted by atomic mass is 9.86. The van der Waals surface area contributed by atoms with E-state index in [1.54, 1.807) is 31.4 Å². The molecule has 13 nitrogen and oxygen atoms in total. The fourth-order valence-electron chi connectivity index (χ4n) is 8.37. The minimum atomic E-state index is -0.899. The molecule has 6 aromatic rings. The molecule has 4 heterocycles. The number of amides is 2. The van der Waals surface area contributed by atoms with Gasteiger partial charge in [-0.15, -0.1) is 0 Å². The second-order valence-corrected chi connectivity index (χ2v) is 15.9. The molecule has 0 unspecified atom stereocenters. The molecule has 0 radical (unpaired) electrons. The SMILES string of the molecule is COc1cc(CNC(=O)c2ccc(COc3cccc([C@@H](NC(=O)O[C@H]4CN5CCC4CC5)c4ccccc4)c3)cc2)ccc1CNC[C@H](O)c1ccc(O)c2[nH]c(=O)ccc12. The Morgan fingerprint density at radius 2 is 1.63 bits per heavy atom. The van der Waals surface area contributed by atoms with E-state index in [9.17, 15) is 24.6 Å². The summed E-state index contributed by atoms with van der Waals surface area (Å²) >= 11 is 0. The first kappa shape index (κ1) is 42.0. The summed E-state index contributed by atoms with van der Waals surface area (Å²) in [5, 5.41) is 31.0. The van der Waals surface area contributed by atoms with Crippen LogP contribution in [0.3, 0.4) is 0 Å². The lowest BCUT2D eigenvalue weighted by Crippen LogP contribution is -2.52. The lowest BCUT2D eigenvalue weighted by Gasteiger charge is -2.43. The zero-order valence-electron chi connectivity index (χ0n) is 34.5. The second kappa shape index (κ2) is 19.4. The number of benzene rings is 5. The van der Waals surface area contributed by atoms with Crippen LogP contribution in [0.5, 0.6) is 17.2 Å². The Balaban J connectivity index is 0.822. The number of carbonyl (C=O) groups is 2. The largest absolute Gasteiger partial charge is 0.506 e. The van der Waals surface area contributed by atoms with Gasteiger partial charge < -0.3 is 45.4 Å². The standard InChI is InChI=1S/C49H51N5O8/c1-60-43-24-32(12-15-37(43)27-50-28-42(56)39-16-18-41(55)47-40(39)17-19-45(57)52-47)26-51-48(58)35-13-10-31(11-14-35)30-61-38-9-5-8-36(25-38)46(34-6-3-2-4-7-34)53-49(59)62-44-29-54-22-20-33(44)21-23-54/h2-19,24-25,33,42,44,46,50,55-56H,20-23,26-30H2,1H3,(H,51,58)(H,52,57)(H,53,59)/t42-,44-,46-/m0/s1. The van der Waals surface area contributed by atoms with Crippen molar-refractivity contribution in [3.8, 4) is 17.2 Å². The first-order valence-corrected chi connectivity index (χ1v) is 20.9. The van der Waals surface area contributed by atoms with E-state index < -0.39 is 18.2 Å². The number of alkyl carbamates (subject to hydrolysis) is 1. The minimum Gasteiger partial charge on any atom is -0.506 e. The number of methoxy groups -OCH3 is 1. The number of aromatic nitrogens is 1. The fraction of sp³-hybridized carbons (Fsp3) is 0.286. The number of pyridine rings is 1. The maximum Gasteiger partial charge on any atom is 0.408 e. The lowest BCUT2D eigenvalue weighted by molar-refractivity contribution is -0.0336. The number of aromatic amines is 1. The Kier molecular flexibility index (Phi) is 13.1. The number of phenols is 1. The number of phenolic OH excluding ortho intramolecular Hbond substituents is 1. The van der Waals surface area contributed by atoms with Crippen molar-refractivity contribution in [3.63, 3.8) is 0 Å². The van der Waals surface area contributed by atoms with E-state index >= 15 is 0 Å².